The average Bonchev–Trinajstić information content (AvgIpc) is 3.11. The minimum Gasteiger partial charge on any atom is -0.466 e. The summed E-state index contributed by atoms with van der Waals surface area (Å²) in [6.45, 7) is 2.13. The lowest BCUT2D eigenvalue weighted by atomic mass is 9.61. The van der Waals surface area contributed by atoms with Gasteiger partial charge in [-0.15, -0.1) is 0 Å². The second-order valence-corrected chi connectivity index (χ2v) is 7.87. The molecule has 2 aromatic heterocycles. The minimum absolute atomic E-state index is 0.0192. The van der Waals surface area contributed by atoms with Gasteiger partial charge in [0.15, 0.2) is 11.6 Å². The van der Waals surface area contributed by atoms with Gasteiger partial charge in [-0.25, -0.2) is 9.37 Å². The molecule has 7 nitrogen and oxygen atoms in total. The van der Waals surface area contributed by atoms with E-state index in [9.17, 15) is 4.79 Å². The monoisotopic (exact) mass is 407 g/mol. The molecule has 150 valence electrons. The third kappa shape index (κ3) is 3.45. The van der Waals surface area contributed by atoms with Crippen molar-refractivity contribution < 1.29 is 13.9 Å². The van der Waals surface area contributed by atoms with Crippen LogP contribution < -0.4 is 5.32 Å². The van der Waals surface area contributed by atoms with Gasteiger partial charge in [-0.05, 0) is 56.0 Å². The molecule has 0 aliphatic heterocycles. The SMILES string of the molecule is CCOC(=O)[C@H]1C2CCC(CC2)[C@@H]1Nc1nc(Cl)nc(-c2cnn(C)c2)c1F. The zero-order valence-corrected chi connectivity index (χ0v) is 16.6. The second kappa shape index (κ2) is 7.66. The van der Waals surface area contributed by atoms with Crippen LogP contribution in [-0.4, -0.2) is 38.4 Å². The summed E-state index contributed by atoms with van der Waals surface area (Å²) in [6, 6.07) is -0.228. The Labute approximate surface area is 167 Å². The van der Waals surface area contributed by atoms with Crippen LogP contribution in [0.2, 0.25) is 5.28 Å². The van der Waals surface area contributed by atoms with Crippen LogP contribution >= 0.6 is 11.6 Å². The van der Waals surface area contributed by atoms with Crippen molar-refractivity contribution >= 4 is 23.4 Å². The number of aromatic nitrogens is 4. The Morgan fingerprint density at radius 2 is 2.04 bits per heavy atom. The second-order valence-electron chi connectivity index (χ2n) is 7.53. The van der Waals surface area contributed by atoms with Gasteiger partial charge in [0, 0.05) is 24.8 Å². The van der Waals surface area contributed by atoms with Crippen LogP contribution in [0, 0.1) is 23.6 Å². The lowest BCUT2D eigenvalue weighted by Gasteiger charge is -2.47. The first kappa shape index (κ1) is 19.1. The lowest BCUT2D eigenvalue weighted by molar-refractivity contribution is -0.154. The van der Waals surface area contributed by atoms with Crippen molar-refractivity contribution in [3.05, 3.63) is 23.5 Å². The molecule has 3 aliphatic carbocycles. The summed E-state index contributed by atoms with van der Waals surface area (Å²) in [6.07, 6.45) is 7.20. The predicted molar refractivity (Wildman–Crippen MR) is 102 cm³/mol. The van der Waals surface area contributed by atoms with E-state index in [0.29, 0.717) is 12.2 Å². The average molecular weight is 408 g/mol. The molecule has 0 spiro atoms. The van der Waals surface area contributed by atoms with Crippen LogP contribution in [0.3, 0.4) is 0 Å². The maximum Gasteiger partial charge on any atom is 0.311 e. The molecule has 0 radical (unpaired) electrons. The summed E-state index contributed by atoms with van der Waals surface area (Å²) in [7, 11) is 1.74. The van der Waals surface area contributed by atoms with Crippen molar-refractivity contribution in [2.24, 2.45) is 24.8 Å². The zero-order valence-electron chi connectivity index (χ0n) is 15.9. The number of aryl methyl sites for hydroxylation is 1. The Morgan fingerprint density at radius 3 is 2.68 bits per heavy atom. The highest BCUT2D eigenvalue weighted by Gasteiger charge is 2.48. The quantitative estimate of drug-likeness (QED) is 0.603. The molecule has 1 N–H and O–H groups in total. The number of carbonyl (C=O) groups is 1. The maximum absolute atomic E-state index is 15.2. The smallest absolute Gasteiger partial charge is 0.311 e. The molecule has 2 bridgehead atoms. The number of esters is 1. The largest absolute Gasteiger partial charge is 0.466 e. The van der Waals surface area contributed by atoms with E-state index in [2.05, 4.69) is 20.4 Å². The zero-order chi connectivity index (χ0) is 19.8. The lowest BCUT2D eigenvalue weighted by Crippen LogP contribution is -2.52. The topological polar surface area (TPSA) is 81.9 Å². The first-order valence-corrected chi connectivity index (χ1v) is 10.0. The van der Waals surface area contributed by atoms with Crippen LogP contribution in [0.1, 0.15) is 32.6 Å². The van der Waals surface area contributed by atoms with Gasteiger partial charge >= 0.3 is 5.97 Å². The molecule has 2 aromatic rings. The number of nitrogens with zero attached hydrogens (tertiary/aromatic N) is 4. The van der Waals surface area contributed by atoms with Crippen molar-refractivity contribution in [3.8, 4) is 11.3 Å². The standard InChI is InChI=1S/C19H23ClFN5O2/c1-3-28-18(27)13-10-4-6-11(7-5-10)15(13)23-17-14(21)16(24-19(20)25-17)12-8-22-26(2)9-12/h8-11,13,15H,3-7H2,1-2H3,(H,23,24,25)/t10?,11?,13-,15-/m0/s1. The Kier molecular flexibility index (Phi) is 5.23. The molecule has 0 amide bonds. The summed E-state index contributed by atoms with van der Waals surface area (Å²) in [5.74, 6) is -0.578. The molecule has 3 aliphatic rings. The van der Waals surface area contributed by atoms with E-state index >= 15 is 4.39 Å². The van der Waals surface area contributed by atoms with E-state index in [0.717, 1.165) is 25.7 Å². The summed E-state index contributed by atoms with van der Waals surface area (Å²) in [5.41, 5.74) is 0.601. The molecule has 0 saturated heterocycles. The number of rotatable bonds is 5. The van der Waals surface area contributed by atoms with Crippen LogP contribution in [0.5, 0.6) is 0 Å². The highest BCUT2D eigenvalue weighted by atomic mass is 35.5. The molecule has 2 heterocycles. The molecule has 5 rings (SSSR count). The highest BCUT2D eigenvalue weighted by Crippen LogP contribution is 2.47. The van der Waals surface area contributed by atoms with E-state index in [4.69, 9.17) is 16.3 Å². The first-order valence-electron chi connectivity index (χ1n) is 9.63. The molecule has 3 saturated carbocycles. The van der Waals surface area contributed by atoms with Gasteiger partial charge in [0.05, 0.1) is 18.7 Å². The molecule has 0 unspecified atom stereocenters. The van der Waals surface area contributed by atoms with Crippen molar-refractivity contribution in [2.45, 2.75) is 38.6 Å². The number of hydrogen-bond acceptors (Lipinski definition) is 6. The van der Waals surface area contributed by atoms with Crippen LogP contribution in [-0.2, 0) is 16.6 Å². The number of ether oxygens (including phenoxy) is 1. The fourth-order valence-electron chi connectivity index (χ4n) is 4.64. The van der Waals surface area contributed by atoms with Crippen LogP contribution in [0.15, 0.2) is 12.4 Å². The number of fused-ring (bicyclic) bond motifs is 3. The van der Waals surface area contributed by atoms with Gasteiger partial charge in [-0.1, -0.05) is 0 Å². The third-order valence-electron chi connectivity index (χ3n) is 5.88. The first-order chi connectivity index (χ1) is 13.5. The maximum atomic E-state index is 15.2. The van der Waals surface area contributed by atoms with Crippen LogP contribution in [0.25, 0.3) is 11.3 Å². The summed E-state index contributed by atoms with van der Waals surface area (Å²) in [4.78, 5) is 20.7. The Balaban J connectivity index is 1.67. The number of carbonyl (C=O) groups excluding carboxylic acids is 1. The highest BCUT2D eigenvalue weighted by molar-refractivity contribution is 6.28. The van der Waals surface area contributed by atoms with Crippen molar-refractivity contribution in [1.29, 1.82) is 0 Å². The minimum atomic E-state index is -0.596. The van der Waals surface area contributed by atoms with Crippen molar-refractivity contribution in [2.75, 3.05) is 11.9 Å². The van der Waals surface area contributed by atoms with Gasteiger partial charge < -0.3 is 10.1 Å². The fraction of sp³-hybridized carbons (Fsp3) is 0.579. The van der Waals surface area contributed by atoms with Gasteiger partial charge in [-0.2, -0.15) is 10.1 Å². The van der Waals surface area contributed by atoms with Gasteiger partial charge in [-0.3, -0.25) is 9.48 Å². The normalized spacial score (nSPS) is 26.3. The van der Waals surface area contributed by atoms with Crippen LogP contribution in [0.4, 0.5) is 10.2 Å². The molecule has 28 heavy (non-hydrogen) atoms. The molecule has 2 atom stereocenters. The Bertz CT molecular complexity index is 881. The van der Waals surface area contributed by atoms with Gasteiger partial charge in [0.25, 0.3) is 0 Å². The number of hydrogen-bond donors (Lipinski definition) is 1. The van der Waals surface area contributed by atoms with E-state index in [1.165, 1.54) is 6.20 Å². The molecule has 3 fully saturated rings. The van der Waals surface area contributed by atoms with Crippen molar-refractivity contribution in [3.63, 3.8) is 0 Å². The molecule has 9 heteroatoms. The Hall–Kier alpha value is -2.22. The number of anilines is 1. The number of nitrogens with one attached hydrogen (secondary N) is 1. The summed E-state index contributed by atoms with van der Waals surface area (Å²) in [5, 5.41) is 7.19. The summed E-state index contributed by atoms with van der Waals surface area (Å²) < 4.78 is 22.1. The predicted octanol–water partition coefficient (Wildman–Crippen LogP) is 3.45. The van der Waals surface area contributed by atoms with E-state index in [1.54, 1.807) is 24.9 Å². The van der Waals surface area contributed by atoms with Gasteiger partial charge in [0.1, 0.15) is 5.69 Å². The van der Waals surface area contributed by atoms with Crippen molar-refractivity contribution in [1.82, 2.24) is 19.7 Å². The third-order valence-corrected chi connectivity index (χ3v) is 6.05. The molecular formula is C19H23ClFN5O2. The van der Waals surface area contributed by atoms with E-state index < -0.39 is 5.82 Å². The van der Waals surface area contributed by atoms with Gasteiger partial charge in [0.2, 0.25) is 5.28 Å². The fourth-order valence-corrected chi connectivity index (χ4v) is 4.81. The van der Waals surface area contributed by atoms with E-state index in [-0.39, 0.29) is 46.6 Å². The Morgan fingerprint density at radius 1 is 1.32 bits per heavy atom. The molecular weight excluding hydrogens is 385 g/mol. The number of halogens is 2. The molecule has 0 aromatic carbocycles. The van der Waals surface area contributed by atoms with E-state index in [1.807, 2.05) is 0 Å². The summed E-state index contributed by atoms with van der Waals surface area (Å²) >= 11 is 6.08.